The van der Waals surface area contributed by atoms with Gasteiger partial charge >= 0.3 is 0 Å². The van der Waals surface area contributed by atoms with E-state index in [4.69, 9.17) is 0 Å². The van der Waals surface area contributed by atoms with Crippen molar-refractivity contribution in [3.63, 3.8) is 0 Å². The molecule has 3 heteroatoms. The number of H-pyrrole nitrogens is 1. The van der Waals surface area contributed by atoms with Crippen LogP contribution in [0, 0.1) is 6.92 Å². The van der Waals surface area contributed by atoms with Crippen molar-refractivity contribution in [2.45, 2.75) is 6.92 Å². The molecule has 14 heavy (non-hydrogen) atoms. The standard InChI is InChI=1S/C11H10N2O/c1-8-5-11(14)13-7-10(8)9-3-2-4-12-6-9/h2-7H,1H3,(H,13,14). The highest BCUT2D eigenvalue weighted by atomic mass is 16.1. The second-order valence-corrected chi connectivity index (χ2v) is 3.14. The molecular weight excluding hydrogens is 176 g/mol. The number of aromatic nitrogens is 2. The summed E-state index contributed by atoms with van der Waals surface area (Å²) < 4.78 is 0. The largest absolute Gasteiger partial charge is 0.328 e. The lowest BCUT2D eigenvalue weighted by atomic mass is 10.1. The molecule has 2 heterocycles. The third-order valence-electron chi connectivity index (χ3n) is 2.10. The first-order chi connectivity index (χ1) is 6.77. The van der Waals surface area contributed by atoms with Crippen molar-refractivity contribution in [1.82, 2.24) is 9.97 Å². The van der Waals surface area contributed by atoms with E-state index >= 15 is 0 Å². The smallest absolute Gasteiger partial charge is 0.248 e. The molecule has 1 N–H and O–H groups in total. The first-order valence-corrected chi connectivity index (χ1v) is 4.37. The van der Waals surface area contributed by atoms with Gasteiger partial charge in [0.1, 0.15) is 0 Å². The molecule has 70 valence electrons. The lowest BCUT2D eigenvalue weighted by molar-refractivity contribution is 1.20. The van der Waals surface area contributed by atoms with Crippen LogP contribution in [0.15, 0.2) is 41.6 Å². The highest BCUT2D eigenvalue weighted by molar-refractivity contribution is 5.64. The molecule has 0 aliphatic heterocycles. The predicted molar refractivity (Wildman–Crippen MR) is 55.0 cm³/mol. The number of aromatic amines is 1. The average Bonchev–Trinajstić information content (AvgIpc) is 2.19. The van der Waals surface area contributed by atoms with Crippen molar-refractivity contribution in [2.24, 2.45) is 0 Å². The van der Waals surface area contributed by atoms with Crippen molar-refractivity contribution < 1.29 is 0 Å². The fraction of sp³-hybridized carbons (Fsp3) is 0.0909. The molecule has 0 aliphatic rings. The molecule has 0 amide bonds. The topological polar surface area (TPSA) is 45.8 Å². The van der Waals surface area contributed by atoms with Gasteiger partial charge in [0.05, 0.1) is 0 Å². The maximum atomic E-state index is 11.0. The van der Waals surface area contributed by atoms with E-state index in [2.05, 4.69) is 9.97 Å². The zero-order chi connectivity index (χ0) is 9.97. The zero-order valence-electron chi connectivity index (χ0n) is 7.82. The van der Waals surface area contributed by atoms with Crippen LogP contribution >= 0.6 is 0 Å². The van der Waals surface area contributed by atoms with E-state index in [0.717, 1.165) is 16.7 Å². The summed E-state index contributed by atoms with van der Waals surface area (Å²) in [5, 5.41) is 0. The van der Waals surface area contributed by atoms with Gasteiger partial charge in [-0.15, -0.1) is 0 Å². The third-order valence-corrected chi connectivity index (χ3v) is 2.10. The summed E-state index contributed by atoms with van der Waals surface area (Å²) in [6, 6.07) is 5.43. The molecular formula is C11H10N2O. The molecule has 2 aromatic rings. The van der Waals surface area contributed by atoms with Gasteiger partial charge in [-0.1, -0.05) is 6.07 Å². The minimum atomic E-state index is -0.0739. The summed E-state index contributed by atoms with van der Waals surface area (Å²) >= 11 is 0. The Kier molecular flexibility index (Phi) is 2.14. The maximum absolute atomic E-state index is 11.0. The Hall–Kier alpha value is -1.90. The van der Waals surface area contributed by atoms with Crippen LogP contribution in [-0.2, 0) is 0 Å². The number of pyridine rings is 2. The van der Waals surface area contributed by atoms with Crippen molar-refractivity contribution in [3.8, 4) is 11.1 Å². The normalized spacial score (nSPS) is 10.1. The minimum absolute atomic E-state index is 0.0739. The van der Waals surface area contributed by atoms with Crippen LogP contribution in [0.3, 0.4) is 0 Å². The molecule has 0 aromatic carbocycles. The molecule has 0 spiro atoms. The first-order valence-electron chi connectivity index (χ1n) is 4.37. The highest BCUT2D eigenvalue weighted by Crippen LogP contribution is 2.19. The Morgan fingerprint density at radius 1 is 1.43 bits per heavy atom. The third kappa shape index (κ3) is 1.57. The van der Waals surface area contributed by atoms with E-state index in [1.807, 2.05) is 19.1 Å². The molecule has 2 aromatic heterocycles. The first kappa shape index (κ1) is 8.69. The number of aryl methyl sites for hydroxylation is 1. The number of hydrogen-bond donors (Lipinski definition) is 1. The molecule has 0 radical (unpaired) electrons. The van der Waals surface area contributed by atoms with E-state index in [1.54, 1.807) is 24.7 Å². The maximum Gasteiger partial charge on any atom is 0.248 e. The van der Waals surface area contributed by atoms with Crippen LogP contribution in [0.5, 0.6) is 0 Å². The number of nitrogens with one attached hydrogen (secondary N) is 1. The zero-order valence-corrected chi connectivity index (χ0v) is 7.82. The number of rotatable bonds is 1. The lowest BCUT2D eigenvalue weighted by Gasteiger charge is -2.03. The van der Waals surface area contributed by atoms with Gasteiger partial charge in [-0.25, -0.2) is 0 Å². The Bertz CT molecular complexity index is 488. The van der Waals surface area contributed by atoms with Gasteiger partial charge in [-0.2, -0.15) is 0 Å². The molecule has 0 aliphatic carbocycles. The molecule has 0 unspecified atom stereocenters. The van der Waals surface area contributed by atoms with Gasteiger partial charge in [0.2, 0.25) is 5.56 Å². The van der Waals surface area contributed by atoms with Crippen molar-refractivity contribution in [2.75, 3.05) is 0 Å². The van der Waals surface area contributed by atoms with Gasteiger partial charge in [0.15, 0.2) is 0 Å². The molecule has 0 saturated heterocycles. The summed E-state index contributed by atoms with van der Waals surface area (Å²) in [5.74, 6) is 0. The van der Waals surface area contributed by atoms with Crippen molar-refractivity contribution in [3.05, 3.63) is 52.7 Å². The Labute approximate surface area is 81.5 Å². The van der Waals surface area contributed by atoms with Crippen molar-refractivity contribution in [1.29, 1.82) is 0 Å². The summed E-state index contributed by atoms with van der Waals surface area (Å²) in [6.07, 6.45) is 5.22. The summed E-state index contributed by atoms with van der Waals surface area (Å²) in [4.78, 5) is 17.7. The second-order valence-electron chi connectivity index (χ2n) is 3.14. The fourth-order valence-corrected chi connectivity index (χ4v) is 1.41. The second kappa shape index (κ2) is 3.46. The Balaban J connectivity index is 2.58. The molecule has 3 nitrogen and oxygen atoms in total. The van der Waals surface area contributed by atoms with Crippen LogP contribution in [0.25, 0.3) is 11.1 Å². The molecule has 2 rings (SSSR count). The quantitative estimate of drug-likeness (QED) is 0.737. The molecule has 0 bridgehead atoms. The number of hydrogen-bond acceptors (Lipinski definition) is 2. The lowest BCUT2D eigenvalue weighted by Crippen LogP contribution is -2.04. The predicted octanol–water partition coefficient (Wildman–Crippen LogP) is 1.75. The summed E-state index contributed by atoms with van der Waals surface area (Å²) in [5.41, 5.74) is 2.91. The van der Waals surface area contributed by atoms with Crippen LogP contribution in [0.1, 0.15) is 5.56 Å². The minimum Gasteiger partial charge on any atom is -0.328 e. The molecule has 0 fully saturated rings. The number of nitrogens with zero attached hydrogens (tertiary/aromatic N) is 1. The van der Waals surface area contributed by atoms with Crippen LogP contribution in [0.2, 0.25) is 0 Å². The average molecular weight is 186 g/mol. The van der Waals surface area contributed by atoms with Gasteiger partial charge in [0, 0.05) is 35.8 Å². The highest BCUT2D eigenvalue weighted by Gasteiger charge is 2.01. The van der Waals surface area contributed by atoms with Crippen molar-refractivity contribution >= 4 is 0 Å². The van der Waals surface area contributed by atoms with E-state index in [9.17, 15) is 4.79 Å². The monoisotopic (exact) mass is 186 g/mol. The van der Waals surface area contributed by atoms with Crippen LogP contribution < -0.4 is 5.56 Å². The molecule has 0 atom stereocenters. The van der Waals surface area contributed by atoms with E-state index < -0.39 is 0 Å². The van der Waals surface area contributed by atoms with E-state index in [-0.39, 0.29) is 5.56 Å². The Morgan fingerprint density at radius 2 is 2.29 bits per heavy atom. The van der Waals surface area contributed by atoms with Crippen LogP contribution in [-0.4, -0.2) is 9.97 Å². The summed E-state index contributed by atoms with van der Waals surface area (Å²) in [7, 11) is 0. The summed E-state index contributed by atoms with van der Waals surface area (Å²) in [6.45, 7) is 1.91. The fourth-order valence-electron chi connectivity index (χ4n) is 1.41. The van der Waals surface area contributed by atoms with Gasteiger partial charge in [0.25, 0.3) is 0 Å². The van der Waals surface area contributed by atoms with E-state index in [0.29, 0.717) is 0 Å². The van der Waals surface area contributed by atoms with Crippen LogP contribution in [0.4, 0.5) is 0 Å². The van der Waals surface area contributed by atoms with E-state index in [1.165, 1.54) is 0 Å². The molecule has 0 saturated carbocycles. The SMILES string of the molecule is Cc1cc(=O)[nH]cc1-c1cccnc1. The Morgan fingerprint density at radius 3 is 2.93 bits per heavy atom. The van der Waals surface area contributed by atoms with Gasteiger partial charge < -0.3 is 4.98 Å². The van der Waals surface area contributed by atoms with Gasteiger partial charge in [-0.3, -0.25) is 9.78 Å². The van der Waals surface area contributed by atoms with Gasteiger partial charge in [-0.05, 0) is 18.6 Å².